The number of aromatic amines is 1. The Kier molecular flexibility index (Phi) is 5.86. The van der Waals surface area contributed by atoms with E-state index in [-0.39, 0.29) is 5.91 Å². The first kappa shape index (κ1) is 18.7. The summed E-state index contributed by atoms with van der Waals surface area (Å²) in [6.07, 6.45) is 5.98. The number of nitrogens with zero attached hydrogens (tertiary/aromatic N) is 1. The van der Waals surface area contributed by atoms with Crippen LogP contribution in [0.1, 0.15) is 17.5 Å². The highest BCUT2D eigenvalue weighted by Crippen LogP contribution is 2.19. The van der Waals surface area contributed by atoms with Crippen LogP contribution >= 0.6 is 0 Å². The fourth-order valence-corrected chi connectivity index (χ4v) is 3.38. The van der Waals surface area contributed by atoms with Crippen molar-refractivity contribution in [1.82, 2.24) is 9.97 Å². The number of carbonyl (C=O) groups is 1. The maximum Gasteiger partial charge on any atom is 0.228 e. The Bertz CT molecular complexity index is 1070. The average molecular weight is 384 g/mol. The van der Waals surface area contributed by atoms with Crippen LogP contribution in [0.3, 0.4) is 0 Å². The molecule has 0 fully saturated rings. The number of H-pyrrole nitrogens is 1. The molecule has 2 aromatic carbocycles. The maximum atomic E-state index is 12.4. The molecular formula is C24H24N4O. The third-order valence-electron chi connectivity index (χ3n) is 4.86. The van der Waals surface area contributed by atoms with Gasteiger partial charge in [-0.2, -0.15) is 0 Å². The van der Waals surface area contributed by atoms with Crippen LogP contribution in [0.25, 0.3) is 10.9 Å². The lowest BCUT2D eigenvalue weighted by Crippen LogP contribution is -2.14. The summed E-state index contributed by atoms with van der Waals surface area (Å²) in [5, 5.41) is 7.32. The molecule has 0 unspecified atom stereocenters. The van der Waals surface area contributed by atoms with E-state index in [1.807, 2.05) is 48.7 Å². The van der Waals surface area contributed by atoms with Crippen LogP contribution in [0.4, 0.5) is 11.5 Å². The molecule has 2 heterocycles. The highest BCUT2D eigenvalue weighted by atomic mass is 16.1. The van der Waals surface area contributed by atoms with Gasteiger partial charge in [-0.15, -0.1) is 0 Å². The first-order chi connectivity index (χ1) is 14.3. The van der Waals surface area contributed by atoms with Gasteiger partial charge in [0.1, 0.15) is 5.82 Å². The van der Waals surface area contributed by atoms with E-state index in [4.69, 9.17) is 0 Å². The Hall–Kier alpha value is -3.60. The number of rotatable bonds is 8. The number of para-hydroxylation sites is 1. The van der Waals surface area contributed by atoms with E-state index in [0.29, 0.717) is 12.1 Å². The van der Waals surface area contributed by atoms with E-state index < -0.39 is 0 Å². The first-order valence-electron chi connectivity index (χ1n) is 9.86. The van der Waals surface area contributed by atoms with Crippen molar-refractivity contribution in [2.75, 3.05) is 17.2 Å². The fourth-order valence-electron chi connectivity index (χ4n) is 3.38. The van der Waals surface area contributed by atoms with Crippen molar-refractivity contribution in [2.45, 2.75) is 19.3 Å². The lowest BCUT2D eigenvalue weighted by atomic mass is 10.1. The molecule has 29 heavy (non-hydrogen) atoms. The molecule has 0 radical (unpaired) electrons. The summed E-state index contributed by atoms with van der Waals surface area (Å²) >= 11 is 0. The van der Waals surface area contributed by atoms with Gasteiger partial charge in [0.25, 0.3) is 0 Å². The topological polar surface area (TPSA) is 69.8 Å². The molecule has 4 aromatic rings. The number of hydrogen-bond acceptors (Lipinski definition) is 3. The zero-order valence-corrected chi connectivity index (χ0v) is 16.2. The molecule has 2 aromatic heterocycles. The van der Waals surface area contributed by atoms with Gasteiger partial charge in [-0.3, -0.25) is 4.79 Å². The number of amides is 1. The van der Waals surface area contributed by atoms with Crippen LogP contribution < -0.4 is 10.6 Å². The standard InChI is InChI=1S/C24H24N4O/c29-24(15-19-16-26-22-11-5-4-10-21(19)22)28-20-12-13-23(27-17-20)25-14-6-9-18-7-2-1-3-8-18/h1-5,7-8,10-13,16-17,26H,6,9,14-15H2,(H,25,27)(H,28,29). The molecule has 5 heteroatoms. The van der Waals surface area contributed by atoms with Gasteiger partial charge >= 0.3 is 0 Å². The summed E-state index contributed by atoms with van der Waals surface area (Å²) in [6.45, 7) is 0.855. The largest absolute Gasteiger partial charge is 0.370 e. The Labute approximate surface area is 170 Å². The van der Waals surface area contributed by atoms with Gasteiger partial charge in [-0.1, -0.05) is 48.5 Å². The summed E-state index contributed by atoms with van der Waals surface area (Å²) in [4.78, 5) is 20.0. The number of anilines is 2. The SMILES string of the molecule is O=C(Cc1c[nH]c2ccccc12)Nc1ccc(NCCCc2ccccc2)nc1. The lowest BCUT2D eigenvalue weighted by Gasteiger charge is -2.08. The molecule has 1 amide bonds. The predicted molar refractivity (Wildman–Crippen MR) is 118 cm³/mol. The third-order valence-corrected chi connectivity index (χ3v) is 4.86. The van der Waals surface area contributed by atoms with E-state index in [2.05, 4.69) is 44.9 Å². The van der Waals surface area contributed by atoms with Crippen molar-refractivity contribution in [1.29, 1.82) is 0 Å². The van der Waals surface area contributed by atoms with Crippen molar-refractivity contribution in [3.8, 4) is 0 Å². The predicted octanol–water partition coefficient (Wildman–Crippen LogP) is 4.79. The molecule has 0 bridgehead atoms. The van der Waals surface area contributed by atoms with Crippen LogP contribution in [0, 0.1) is 0 Å². The summed E-state index contributed by atoms with van der Waals surface area (Å²) in [5.74, 6) is 0.757. The van der Waals surface area contributed by atoms with Crippen molar-refractivity contribution in [2.24, 2.45) is 0 Å². The minimum absolute atomic E-state index is 0.0554. The number of fused-ring (bicyclic) bond motifs is 1. The highest BCUT2D eigenvalue weighted by Gasteiger charge is 2.09. The van der Waals surface area contributed by atoms with E-state index in [1.54, 1.807) is 6.20 Å². The van der Waals surface area contributed by atoms with Gasteiger partial charge in [-0.05, 0) is 42.2 Å². The fraction of sp³-hybridized carbons (Fsp3) is 0.167. The van der Waals surface area contributed by atoms with Crippen molar-refractivity contribution < 1.29 is 4.79 Å². The zero-order chi connectivity index (χ0) is 19.9. The van der Waals surface area contributed by atoms with Crippen molar-refractivity contribution in [3.63, 3.8) is 0 Å². The number of carbonyl (C=O) groups excluding carboxylic acids is 1. The molecule has 0 saturated carbocycles. The number of pyridine rings is 1. The number of hydrogen-bond donors (Lipinski definition) is 3. The third kappa shape index (κ3) is 5.02. The van der Waals surface area contributed by atoms with Gasteiger partial charge in [0.15, 0.2) is 0 Å². The van der Waals surface area contributed by atoms with E-state index in [0.717, 1.165) is 41.7 Å². The van der Waals surface area contributed by atoms with Gasteiger partial charge < -0.3 is 15.6 Å². The zero-order valence-electron chi connectivity index (χ0n) is 16.2. The van der Waals surface area contributed by atoms with Crippen molar-refractivity contribution in [3.05, 3.63) is 90.3 Å². The maximum absolute atomic E-state index is 12.4. The summed E-state index contributed by atoms with van der Waals surface area (Å²) in [7, 11) is 0. The van der Waals surface area contributed by atoms with Gasteiger partial charge in [-0.25, -0.2) is 4.98 Å². The van der Waals surface area contributed by atoms with E-state index in [1.165, 1.54) is 5.56 Å². The Morgan fingerprint density at radius 2 is 1.79 bits per heavy atom. The molecule has 146 valence electrons. The first-order valence-corrected chi connectivity index (χ1v) is 9.86. The summed E-state index contributed by atoms with van der Waals surface area (Å²) < 4.78 is 0. The molecule has 3 N–H and O–H groups in total. The van der Waals surface area contributed by atoms with Crippen LogP contribution in [-0.4, -0.2) is 22.4 Å². The summed E-state index contributed by atoms with van der Waals surface area (Å²) in [6, 6.07) is 22.2. The van der Waals surface area contributed by atoms with Crippen molar-refractivity contribution >= 4 is 28.3 Å². The average Bonchev–Trinajstić information content (AvgIpc) is 3.16. The quantitative estimate of drug-likeness (QED) is 0.383. The molecule has 4 rings (SSSR count). The van der Waals surface area contributed by atoms with Gasteiger partial charge in [0, 0.05) is 23.6 Å². The summed E-state index contributed by atoms with van der Waals surface area (Å²) in [5.41, 5.74) is 4.07. The number of aromatic nitrogens is 2. The second-order valence-corrected chi connectivity index (χ2v) is 7.03. The molecule has 0 spiro atoms. The molecule has 0 aliphatic heterocycles. The number of benzene rings is 2. The minimum Gasteiger partial charge on any atom is -0.370 e. The van der Waals surface area contributed by atoms with E-state index >= 15 is 0 Å². The smallest absolute Gasteiger partial charge is 0.228 e. The normalized spacial score (nSPS) is 10.8. The lowest BCUT2D eigenvalue weighted by molar-refractivity contribution is -0.115. The molecular weight excluding hydrogens is 360 g/mol. The Morgan fingerprint density at radius 1 is 0.966 bits per heavy atom. The molecule has 0 aliphatic rings. The van der Waals surface area contributed by atoms with Gasteiger partial charge in [0.05, 0.1) is 18.3 Å². The minimum atomic E-state index is -0.0554. The second-order valence-electron chi connectivity index (χ2n) is 7.03. The van der Waals surface area contributed by atoms with E-state index in [9.17, 15) is 4.79 Å². The Morgan fingerprint density at radius 3 is 2.62 bits per heavy atom. The Balaban J connectivity index is 1.25. The van der Waals surface area contributed by atoms with Crippen LogP contribution in [0.5, 0.6) is 0 Å². The van der Waals surface area contributed by atoms with Crippen LogP contribution in [0.15, 0.2) is 79.1 Å². The monoisotopic (exact) mass is 384 g/mol. The number of nitrogens with one attached hydrogen (secondary N) is 3. The molecule has 5 nitrogen and oxygen atoms in total. The molecule has 0 aliphatic carbocycles. The van der Waals surface area contributed by atoms with Crippen LogP contribution in [0.2, 0.25) is 0 Å². The van der Waals surface area contributed by atoms with Crippen LogP contribution in [-0.2, 0) is 17.6 Å². The second kappa shape index (κ2) is 9.06. The van der Waals surface area contributed by atoms with Gasteiger partial charge in [0.2, 0.25) is 5.91 Å². The number of aryl methyl sites for hydroxylation is 1. The molecule has 0 saturated heterocycles. The molecule has 0 atom stereocenters. The highest BCUT2D eigenvalue weighted by molar-refractivity contribution is 5.95.